The maximum Gasteiger partial charge on any atom is 0.105 e. The average Bonchev–Trinajstić information content (AvgIpc) is 2.62. The van der Waals surface area contributed by atoms with Crippen LogP contribution in [0.1, 0.15) is 23.3 Å². The Hall–Kier alpha value is -0.0900. The number of piperidine rings is 1. The highest BCUT2D eigenvalue weighted by Gasteiger charge is 2.40. The minimum Gasteiger partial charge on any atom is -0.369 e. The number of thiophene rings is 1. The lowest BCUT2D eigenvalue weighted by Gasteiger charge is -2.40. The Labute approximate surface area is 98.6 Å². The highest BCUT2D eigenvalue weighted by molar-refractivity contribution is 7.16. The van der Waals surface area contributed by atoms with Crippen LogP contribution >= 0.6 is 22.9 Å². The molecule has 0 saturated carbocycles. The molecule has 0 amide bonds. The quantitative estimate of drug-likeness (QED) is 0.756. The topological polar surface area (TPSA) is 21.3 Å². The molecular weight excluding hydrogens is 230 g/mol. The largest absolute Gasteiger partial charge is 0.369 e. The molecule has 1 N–H and O–H groups in total. The van der Waals surface area contributed by atoms with Crippen molar-refractivity contribution in [2.75, 3.05) is 19.7 Å². The summed E-state index contributed by atoms with van der Waals surface area (Å²) in [4.78, 5) is 1.39. The molecule has 0 atom stereocenters. The van der Waals surface area contributed by atoms with Crippen LogP contribution in [0.3, 0.4) is 0 Å². The van der Waals surface area contributed by atoms with Crippen molar-refractivity contribution >= 4 is 22.9 Å². The molecule has 15 heavy (non-hydrogen) atoms. The first-order chi connectivity index (χ1) is 7.30. The summed E-state index contributed by atoms with van der Waals surface area (Å²) in [7, 11) is 0. The molecule has 0 bridgehead atoms. The van der Waals surface area contributed by atoms with Gasteiger partial charge in [-0.2, -0.15) is 0 Å². The van der Waals surface area contributed by atoms with Gasteiger partial charge in [-0.3, -0.25) is 0 Å². The normalized spacial score (nSPS) is 24.1. The second kappa shape index (κ2) is 3.74. The second-order valence-corrected chi connectivity index (χ2v) is 5.93. The van der Waals surface area contributed by atoms with Crippen LogP contribution in [0.5, 0.6) is 0 Å². The zero-order chi connectivity index (χ0) is 10.3. The number of halogens is 1. The third kappa shape index (κ3) is 1.62. The van der Waals surface area contributed by atoms with Gasteiger partial charge in [0, 0.05) is 4.88 Å². The van der Waals surface area contributed by atoms with Crippen molar-refractivity contribution in [3.63, 3.8) is 0 Å². The summed E-state index contributed by atoms with van der Waals surface area (Å²) in [5, 5.41) is 3.39. The molecule has 0 unspecified atom stereocenters. The van der Waals surface area contributed by atoms with Crippen molar-refractivity contribution in [1.82, 2.24) is 5.32 Å². The summed E-state index contributed by atoms with van der Waals surface area (Å²) in [5.41, 5.74) is 1.40. The Bertz CT molecular complexity index is 371. The number of ether oxygens (including phenoxy) is 1. The standard InChI is InChI=1S/C11H14ClNOS/c12-9-7-8-1-6-14-11(10(8)15-9)2-4-13-5-3-11/h7,13H,1-6H2. The molecule has 0 radical (unpaired) electrons. The number of hydrogen-bond donors (Lipinski definition) is 1. The van der Waals surface area contributed by atoms with Crippen LogP contribution in [0.4, 0.5) is 0 Å². The van der Waals surface area contributed by atoms with E-state index in [1.54, 1.807) is 11.3 Å². The first-order valence-corrected chi connectivity index (χ1v) is 6.63. The van der Waals surface area contributed by atoms with Crippen LogP contribution < -0.4 is 5.32 Å². The monoisotopic (exact) mass is 243 g/mol. The van der Waals surface area contributed by atoms with E-state index < -0.39 is 0 Å². The molecule has 1 aromatic heterocycles. The highest BCUT2D eigenvalue weighted by Crippen LogP contribution is 2.45. The fourth-order valence-electron chi connectivity index (χ4n) is 2.59. The zero-order valence-electron chi connectivity index (χ0n) is 8.51. The van der Waals surface area contributed by atoms with Gasteiger partial charge in [-0.25, -0.2) is 0 Å². The van der Waals surface area contributed by atoms with Crippen molar-refractivity contribution in [1.29, 1.82) is 0 Å². The van der Waals surface area contributed by atoms with Crippen molar-refractivity contribution < 1.29 is 4.74 Å². The summed E-state index contributed by atoms with van der Waals surface area (Å²) in [6, 6.07) is 2.12. The predicted molar refractivity (Wildman–Crippen MR) is 62.8 cm³/mol. The highest BCUT2D eigenvalue weighted by atomic mass is 35.5. The van der Waals surface area contributed by atoms with Crippen LogP contribution in [0.25, 0.3) is 0 Å². The molecule has 1 fully saturated rings. The first-order valence-electron chi connectivity index (χ1n) is 5.44. The van der Waals surface area contributed by atoms with E-state index in [0.29, 0.717) is 0 Å². The third-order valence-electron chi connectivity index (χ3n) is 3.35. The molecule has 1 aromatic rings. The molecule has 4 heteroatoms. The number of hydrogen-bond acceptors (Lipinski definition) is 3. The fourth-order valence-corrected chi connectivity index (χ4v) is 4.09. The van der Waals surface area contributed by atoms with Crippen LogP contribution in [0, 0.1) is 0 Å². The summed E-state index contributed by atoms with van der Waals surface area (Å²) < 4.78 is 6.96. The minimum absolute atomic E-state index is 0.0172. The van der Waals surface area contributed by atoms with E-state index in [4.69, 9.17) is 16.3 Å². The van der Waals surface area contributed by atoms with Gasteiger partial charge in [-0.1, -0.05) is 11.6 Å². The van der Waals surface area contributed by atoms with Crippen molar-refractivity contribution in [2.45, 2.75) is 24.9 Å². The van der Waals surface area contributed by atoms with Gasteiger partial charge in [0.15, 0.2) is 0 Å². The fraction of sp³-hybridized carbons (Fsp3) is 0.636. The van der Waals surface area contributed by atoms with Gasteiger partial charge in [0.25, 0.3) is 0 Å². The van der Waals surface area contributed by atoms with Crippen LogP contribution in [-0.4, -0.2) is 19.7 Å². The third-order valence-corrected chi connectivity index (χ3v) is 4.85. The Morgan fingerprint density at radius 2 is 2.20 bits per heavy atom. The maximum absolute atomic E-state index is 6.10. The Kier molecular flexibility index (Phi) is 2.51. The molecule has 2 nitrogen and oxygen atoms in total. The van der Waals surface area contributed by atoms with E-state index in [0.717, 1.165) is 43.3 Å². The molecule has 1 spiro atoms. The van der Waals surface area contributed by atoms with Gasteiger partial charge in [-0.15, -0.1) is 11.3 Å². The van der Waals surface area contributed by atoms with Crippen molar-refractivity contribution in [3.05, 3.63) is 20.8 Å². The molecule has 1 saturated heterocycles. The number of rotatable bonds is 0. The van der Waals surface area contributed by atoms with Gasteiger partial charge < -0.3 is 10.1 Å². The first kappa shape index (κ1) is 10.1. The lowest BCUT2D eigenvalue weighted by Crippen LogP contribution is -2.43. The van der Waals surface area contributed by atoms with Gasteiger partial charge in [0.05, 0.1) is 10.9 Å². The maximum atomic E-state index is 6.10. The van der Waals surface area contributed by atoms with Crippen molar-refractivity contribution in [2.24, 2.45) is 0 Å². The molecule has 3 rings (SSSR count). The van der Waals surface area contributed by atoms with Crippen LogP contribution in [0.2, 0.25) is 4.34 Å². The van der Waals surface area contributed by atoms with Gasteiger partial charge in [0.1, 0.15) is 5.60 Å². The van der Waals surface area contributed by atoms with Gasteiger partial charge >= 0.3 is 0 Å². The Balaban J connectivity index is 2.03. The predicted octanol–water partition coefficient (Wildman–Crippen LogP) is 2.55. The van der Waals surface area contributed by atoms with Gasteiger partial charge in [0.2, 0.25) is 0 Å². The average molecular weight is 244 g/mol. The molecule has 2 aliphatic heterocycles. The van der Waals surface area contributed by atoms with E-state index in [9.17, 15) is 0 Å². The van der Waals surface area contributed by atoms with E-state index >= 15 is 0 Å². The lowest BCUT2D eigenvalue weighted by atomic mass is 9.86. The molecule has 0 aliphatic carbocycles. The second-order valence-electron chi connectivity index (χ2n) is 4.25. The summed E-state index contributed by atoms with van der Waals surface area (Å²) in [5.74, 6) is 0. The molecule has 82 valence electrons. The van der Waals surface area contributed by atoms with E-state index in [2.05, 4.69) is 11.4 Å². The van der Waals surface area contributed by atoms with E-state index in [1.807, 2.05) is 0 Å². The number of nitrogens with one attached hydrogen (secondary N) is 1. The summed E-state index contributed by atoms with van der Waals surface area (Å²) >= 11 is 7.81. The van der Waals surface area contributed by atoms with Crippen molar-refractivity contribution in [3.8, 4) is 0 Å². The Morgan fingerprint density at radius 1 is 1.40 bits per heavy atom. The van der Waals surface area contributed by atoms with Crippen LogP contribution in [0.15, 0.2) is 6.07 Å². The van der Waals surface area contributed by atoms with Gasteiger partial charge in [-0.05, 0) is 44.0 Å². The minimum atomic E-state index is -0.0172. The molecule has 0 aromatic carbocycles. The molecule has 3 heterocycles. The summed E-state index contributed by atoms with van der Waals surface area (Å²) in [6.45, 7) is 2.95. The van der Waals surface area contributed by atoms with E-state index in [1.165, 1.54) is 10.4 Å². The number of fused-ring (bicyclic) bond motifs is 2. The smallest absolute Gasteiger partial charge is 0.105 e. The van der Waals surface area contributed by atoms with Crippen LogP contribution in [-0.2, 0) is 16.8 Å². The lowest BCUT2D eigenvalue weighted by molar-refractivity contribution is -0.0771. The SMILES string of the molecule is Clc1cc2c(s1)C1(CCNCC1)OCC2. The molecular formula is C11H14ClNOS. The Morgan fingerprint density at radius 3 is 3.00 bits per heavy atom. The zero-order valence-corrected chi connectivity index (χ0v) is 10.1. The summed E-state index contributed by atoms with van der Waals surface area (Å²) in [6.07, 6.45) is 3.18. The molecule has 2 aliphatic rings. The van der Waals surface area contributed by atoms with E-state index in [-0.39, 0.29) is 5.60 Å².